The van der Waals surface area contributed by atoms with Crippen molar-refractivity contribution in [3.05, 3.63) is 16.7 Å². The van der Waals surface area contributed by atoms with Crippen molar-refractivity contribution in [2.45, 2.75) is 26.2 Å². The molecule has 0 atom stereocenters. The molecule has 0 fully saturated rings. The maximum Gasteiger partial charge on any atom is 0.280 e. The first-order chi connectivity index (χ1) is 10.0. The largest absolute Gasteiger partial charge is 0.369 e. The van der Waals surface area contributed by atoms with Crippen molar-refractivity contribution < 1.29 is 4.79 Å². The smallest absolute Gasteiger partial charge is 0.280 e. The highest BCUT2D eigenvalue weighted by atomic mass is 16.2. The van der Waals surface area contributed by atoms with Gasteiger partial charge in [-0.1, -0.05) is 13.3 Å². The van der Waals surface area contributed by atoms with Crippen LogP contribution in [-0.2, 0) is 0 Å². The van der Waals surface area contributed by atoms with Crippen LogP contribution in [-0.4, -0.2) is 50.8 Å². The number of aromatic amines is 1. The Balaban J connectivity index is 2.45. The number of aliphatic imine (C=N–C) groups is 1. The molecule has 2 rings (SSSR count). The summed E-state index contributed by atoms with van der Waals surface area (Å²) in [6, 6.07) is 0. The van der Waals surface area contributed by atoms with Crippen LogP contribution < -0.4 is 5.56 Å². The third kappa shape index (κ3) is 3.33. The fourth-order valence-electron chi connectivity index (χ4n) is 1.76. The molecule has 2 heterocycles. The zero-order valence-electron chi connectivity index (χ0n) is 12.3. The van der Waals surface area contributed by atoms with Crippen molar-refractivity contribution in [2.75, 3.05) is 14.1 Å². The van der Waals surface area contributed by atoms with Crippen molar-refractivity contribution in [3.63, 3.8) is 0 Å². The van der Waals surface area contributed by atoms with Gasteiger partial charge >= 0.3 is 0 Å². The second-order valence-electron chi connectivity index (χ2n) is 4.88. The molecule has 8 nitrogen and oxygen atoms in total. The highest BCUT2D eigenvalue weighted by Gasteiger charge is 2.14. The lowest BCUT2D eigenvalue weighted by molar-refractivity contribution is 0.0904. The summed E-state index contributed by atoms with van der Waals surface area (Å²) in [6.45, 7) is 2.01. The number of imidazole rings is 1. The van der Waals surface area contributed by atoms with Crippen LogP contribution >= 0.6 is 0 Å². The van der Waals surface area contributed by atoms with E-state index in [1.165, 1.54) is 17.2 Å². The lowest BCUT2D eigenvalue weighted by atomic mass is 10.2. The minimum Gasteiger partial charge on any atom is -0.369 e. The number of fused-ring (bicyclic) bond motifs is 1. The molecule has 0 radical (unpaired) electrons. The molecule has 2 aromatic heterocycles. The van der Waals surface area contributed by atoms with Crippen LogP contribution in [0.2, 0.25) is 0 Å². The van der Waals surface area contributed by atoms with E-state index in [1.807, 2.05) is 6.92 Å². The average Bonchev–Trinajstić information content (AvgIpc) is 2.87. The Labute approximate surface area is 121 Å². The molecule has 0 bridgehead atoms. The number of hydrogen-bond donors (Lipinski definition) is 1. The molecular weight excluding hydrogens is 272 g/mol. The molecule has 0 aromatic carbocycles. The number of carbonyl (C=O) groups is 1. The second kappa shape index (κ2) is 6.29. The van der Waals surface area contributed by atoms with Crippen LogP contribution in [0.1, 0.15) is 31.0 Å². The molecule has 1 N–H and O–H groups in total. The summed E-state index contributed by atoms with van der Waals surface area (Å²) >= 11 is 0. The van der Waals surface area contributed by atoms with Crippen LogP contribution in [0.15, 0.2) is 16.1 Å². The molecule has 0 unspecified atom stereocenters. The van der Waals surface area contributed by atoms with E-state index in [0.29, 0.717) is 6.42 Å². The third-order valence-corrected chi connectivity index (χ3v) is 2.82. The predicted octanol–water partition coefficient (Wildman–Crippen LogP) is 1.17. The van der Waals surface area contributed by atoms with E-state index in [-0.39, 0.29) is 23.0 Å². The van der Waals surface area contributed by atoms with Crippen molar-refractivity contribution in [1.29, 1.82) is 0 Å². The van der Waals surface area contributed by atoms with E-state index < -0.39 is 5.56 Å². The summed E-state index contributed by atoms with van der Waals surface area (Å²) in [4.78, 5) is 40.4. The molecule has 0 saturated heterocycles. The lowest BCUT2D eigenvalue weighted by Gasteiger charge is -2.03. The van der Waals surface area contributed by atoms with E-state index >= 15 is 0 Å². The molecule has 8 heteroatoms. The molecule has 0 saturated carbocycles. The maximum atomic E-state index is 12.1. The first kappa shape index (κ1) is 14.9. The summed E-state index contributed by atoms with van der Waals surface area (Å²) in [5.74, 6) is 0.0197. The van der Waals surface area contributed by atoms with Gasteiger partial charge in [-0.25, -0.2) is 9.98 Å². The normalized spacial score (nSPS) is 11.4. The fourth-order valence-corrected chi connectivity index (χ4v) is 1.76. The predicted molar refractivity (Wildman–Crippen MR) is 80.1 cm³/mol. The van der Waals surface area contributed by atoms with Gasteiger partial charge in [-0.05, 0) is 6.42 Å². The Hall–Kier alpha value is -2.51. The minimum absolute atomic E-state index is 0.125. The Morgan fingerprint density at radius 3 is 2.95 bits per heavy atom. The van der Waals surface area contributed by atoms with Gasteiger partial charge in [-0.15, -0.1) is 0 Å². The summed E-state index contributed by atoms with van der Waals surface area (Å²) in [5, 5.41) is 0. The van der Waals surface area contributed by atoms with E-state index in [1.54, 1.807) is 19.0 Å². The van der Waals surface area contributed by atoms with Crippen LogP contribution in [0.4, 0.5) is 5.95 Å². The van der Waals surface area contributed by atoms with Crippen LogP contribution in [0.5, 0.6) is 0 Å². The first-order valence-electron chi connectivity index (χ1n) is 6.74. The number of nitrogens with zero attached hydrogens (tertiary/aromatic N) is 5. The zero-order chi connectivity index (χ0) is 15.4. The monoisotopic (exact) mass is 290 g/mol. The van der Waals surface area contributed by atoms with Gasteiger partial charge in [-0.2, -0.15) is 4.98 Å². The third-order valence-electron chi connectivity index (χ3n) is 2.82. The molecule has 0 aliphatic rings. The lowest BCUT2D eigenvalue weighted by Crippen LogP contribution is -2.13. The molecular formula is C13H18N6O2. The van der Waals surface area contributed by atoms with E-state index in [2.05, 4.69) is 19.9 Å². The van der Waals surface area contributed by atoms with E-state index in [0.717, 1.165) is 12.8 Å². The maximum absolute atomic E-state index is 12.1. The molecule has 112 valence electrons. The van der Waals surface area contributed by atoms with Crippen molar-refractivity contribution in [1.82, 2.24) is 24.4 Å². The summed E-state index contributed by atoms with van der Waals surface area (Å²) in [5.41, 5.74) is -0.0256. The summed E-state index contributed by atoms with van der Waals surface area (Å²) in [6.07, 6.45) is 4.96. The number of carbonyl (C=O) groups excluding carboxylic acids is 1. The summed E-state index contributed by atoms with van der Waals surface area (Å²) in [7, 11) is 3.61. The van der Waals surface area contributed by atoms with Crippen molar-refractivity contribution in [2.24, 2.45) is 4.99 Å². The standard InChI is InChI=1S/C13H18N6O2/c1-4-5-6-9(20)19-8-14-10-11(19)16-13(17-12(10)21)15-7-18(2)3/h7-8H,4-6H2,1-3H3,(H,16,17,21)/b15-7-. The van der Waals surface area contributed by atoms with E-state index in [4.69, 9.17) is 0 Å². The van der Waals surface area contributed by atoms with Gasteiger partial charge in [0.05, 0.1) is 6.34 Å². The van der Waals surface area contributed by atoms with Gasteiger partial charge in [0, 0.05) is 20.5 Å². The first-order valence-corrected chi connectivity index (χ1v) is 6.74. The molecule has 2 aromatic rings. The highest BCUT2D eigenvalue weighted by molar-refractivity contribution is 5.88. The number of nitrogens with one attached hydrogen (secondary N) is 1. The summed E-state index contributed by atoms with van der Waals surface area (Å²) < 4.78 is 1.31. The number of hydrogen-bond acceptors (Lipinski definition) is 5. The van der Waals surface area contributed by atoms with Gasteiger partial charge in [-0.3, -0.25) is 19.1 Å². The Morgan fingerprint density at radius 2 is 2.29 bits per heavy atom. The van der Waals surface area contributed by atoms with Crippen LogP contribution in [0.3, 0.4) is 0 Å². The van der Waals surface area contributed by atoms with Crippen LogP contribution in [0, 0.1) is 0 Å². The number of H-pyrrole nitrogens is 1. The molecule has 21 heavy (non-hydrogen) atoms. The Kier molecular flexibility index (Phi) is 4.46. The zero-order valence-corrected chi connectivity index (χ0v) is 12.3. The Morgan fingerprint density at radius 1 is 1.52 bits per heavy atom. The molecule has 0 amide bonds. The van der Waals surface area contributed by atoms with Crippen LogP contribution in [0.25, 0.3) is 11.2 Å². The Bertz CT molecular complexity index is 728. The molecule has 0 aliphatic heterocycles. The minimum atomic E-state index is -0.409. The fraction of sp³-hybridized carbons (Fsp3) is 0.462. The van der Waals surface area contributed by atoms with Gasteiger partial charge in [0.25, 0.3) is 5.56 Å². The van der Waals surface area contributed by atoms with Gasteiger partial charge < -0.3 is 4.90 Å². The van der Waals surface area contributed by atoms with Gasteiger partial charge in [0.15, 0.2) is 11.2 Å². The second-order valence-corrected chi connectivity index (χ2v) is 4.88. The van der Waals surface area contributed by atoms with Gasteiger partial charge in [0.2, 0.25) is 11.9 Å². The molecule has 0 aliphatic carbocycles. The number of aromatic nitrogens is 4. The SMILES string of the molecule is CCCCC(=O)n1cnc2c(=O)[nH]c(/N=C\N(C)C)nc21. The average molecular weight is 290 g/mol. The topological polar surface area (TPSA) is 96.2 Å². The van der Waals surface area contributed by atoms with Gasteiger partial charge in [0.1, 0.15) is 6.33 Å². The quantitative estimate of drug-likeness (QED) is 0.658. The van der Waals surface area contributed by atoms with Crippen molar-refractivity contribution in [3.8, 4) is 0 Å². The van der Waals surface area contributed by atoms with Crippen molar-refractivity contribution >= 4 is 29.4 Å². The van der Waals surface area contributed by atoms with E-state index in [9.17, 15) is 9.59 Å². The number of rotatable bonds is 5. The molecule has 0 spiro atoms. The highest BCUT2D eigenvalue weighted by Crippen LogP contribution is 2.11. The number of unbranched alkanes of at least 4 members (excludes halogenated alkanes) is 1.